The topological polar surface area (TPSA) is 36.9 Å². The molecule has 10 rings (SSSR count). The zero-order valence-electron chi connectivity index (χ0n) is 37.6. The number of rotatable bonds is 13. The lowest BCUT2D eigenvalue weighted by atomic mass is 9.81. The van der Waals surface area contributed by atoms with Gasteiger partial charge in [-0.2, -0.15) is 0 Å². The molecule has 6 heteroatoms. The van der Waals surface area contributed by atoms with Crippen molar-refractivity contribution in [3.8, 4) is 45.3 Å². The van der Waals surface area contributed by atoms with E-state index in [0.717, 1.165) is 29.5 Å². The highest BCUT2D eigenvalue weighted by Gasteiger charge is 2.31. The summed E-state index contributed by atoms with van der Waals surface area (Å²) in [6, 6.07) is 73.5. The summed E-state index contributed by atoms with van der Waals surface area (Å²) in [7, 11) is 4.72. The summed E-state index contributed by atoms with van der Waals surface area (Å²) in [6.45, 7) is 0. The van der Waals surface area contributed by atoms with E-state index < -0.39 is 15.8 Å². The van der Waals surface area contributed by atoms with E-state index >= 15 is 0 Å². The van der Waals surface area contributed by atoms with Gasteiger partial charge in [0.2, 0.25) is 0 Å². The van der Waals surface area contributed by atoms with Crippen molar-refractivity contribution in [1.29, 1.82) is 0 Å². The van der Waals surface area contributed by atoms with Gasteiger partial charge in [-0.3, -0.25) is 0 Å². The summed E-state index contributed by atoms with van der Waals surface area (Å²) < 4.78 is 23.2. The number of allylic oxidation sites excluding steroid dienone is 1. The van der Waals surface area contributed by atoms with E-state index in [2.05, 4.69) is 194 Å². The number of ether oxygens (including phenoxy) is 4. The zero-order chi connectivity index (χ0) is 45.0. The van der Waals surface area contributed by atoms with E-state index in [1.165, 1.54) is 70.4 Å². The van der Waals surface area contributed by atoms with Crippen LogP contribution in [0.5, 0.6) is 23.0 Å². The van der Waals surface area contributed by atoms with E-state index in [1.807, 2.05) is 12.1 Å². The van der Waals surface area contributed by atoms with Crippen molar-refractivity contribution in [1.82, 2.24) is 0 Å². The Bertz CT molecular complexity index is 3110. The Labute approximate surface area is 390 Å². The predicted octanol–water partition coefficient (Wildman–Crippen LogP) is 12.1. The molecule has 0 saturated carbocycles. The molecule has 0 fully saturated rings. The van der Waals surface area contributed by atoms with Crippen molar-refractivity contribution in [2.24, 2.45) is 0 Å². The molecular weight excluding hydrogens is 847 g/mol. The average molecular weight is 897 g/mol. The third-order valence-corrected chi connectivity index (χ3v) is 17.5. The van der Waals surface area contributed by atoms with Crippen LogP contribution < -0.4 is 50.8 Å². The van der Waals surface area contributed by atoms with Crippen LogP contribution in [-0.4, -0.2) is 28.4 Å². The molecule has 0 N–H and O–H groups in total. The molecule has 0 aliphatic heterocycles. The lowest BCUT2D eigenvalue weighted by Crippen LogP contribution is -2.27. The van der Waals surface area contributed by atoms with Gasteiger partial charge in [-0.15, -0.1) is 0 Å². The first-order chi connectivity index (χ1) is 32.6. The highest BCUT2D eigenvalue weighted by molar-refractivity contribution is 7.80. The molecule has 0 heterocycles. The lowest BCUT2D eigenvalue weighted by molar-refractivity contribution is 0.355. The Morgan fingerprint density at radius 1 is 0.364 bits per heavy atom. The van der Waals surface area contributed by atoms with Crippen molar-refractivity contribution >= 4 is 64.0 Å². The minimum atomic E-state index is -1.04. The third kappa shape index (κ3) is 8.06. The zero-order valence-corrected chi connectivity index (χ0v) is 39.4. The van der Waals surface area contributed by atoms with E-state index in [1.54, 1.807) is 28.4 Å². The first-order valence-electron chi connectivity index (χ1n) is 22.3. The number of methoxy groups -OCH3 is 4. The average Bonchev–Trinajstić information content (AvgIpc) is 3.39. The molecular formula is C60H50O4P2. The summed E-state index contributed by atoms with van der Waals surface area (Å²) in [5.41, 5.74) is 9.72. The maximum atomic E-state index is 5.88. The van der Waals surface area contributed by atoms with Crippen LogP contribution in [0.4, 0.5) is 0 Å². The fraction of sp³-hybridized carbons (Fsp3) is 0.100. The molecule has 324 valence electrons. The molecule has 0 spiro atoms. The van der Waals surface area contributed by atoms with Gasteiger partial charge in [-0.1, -0.05) is 182 Å². The highest BCUT2D eigenvalue weighted by atomic mass is 31.1. The lowest BCUT2D eigenvalue weighted by Gasteiger charge is -2.31. The Balaban J connectivity index is 1.36. The molecule has 9 aromatic rings. The molecule has 0 atom stereocenters. The Morgan fingerprint density at radius 3 is 1.35 bits per heavy atom. The smallest absolute Gasteiger partial charge is 0.161 e. The standard InChI is InChI=1S/C60H50O4P2/c1-61-53-35-31-41(39-55(53)63-3)47-27-17-29-51-49(47)33-37-57(65(43-19-9-5-10-20-43)44-21-11-6-12-22-44)59(51)60-52-30-18-28-48(42-32-36-54(62-2)56(40-42)64-4)50(52)34-38-58(60)66(45-23-13-7-14-24-45)46-25-15-8-16-26-46/h5-17,19-29,31-40H,18,30H2,1-4H3. The molecule has 0 radical (unpaired) electrons. The summed E-state index contributed by atoms with van der Waals surface area (Å²) >= 11 is 0. The van der Waals surface area contributed by atoms with Gasteiger partial charge >= 0.3 is 0 Å². The van der Waals surface area contributed by atoms with Crippen molar-refractivity contribution in [2.45, 2.75) is 12.8 Å². The molecule has 66 heavy (non-hydrogen) atoms. The molecule has 0 bridgehead atoms. The normalized spacial score (nSPS) is 12.2. The van der Waals surface area contributed by atoms with Crippen molar-refractivity contribution in [3.05, 3.63) is 223 Å². The summed E-state index contributed by atoms with van der Waals surface area (Å²) in [5.74, 6) is 2.83. The molecule has 9 aromatic carbocycles. The Kier molecular flexibility index (Phi) is 12.5. The number of hydrogen-bond acceptors (Lipinski definition) is 4. The van der Waals surface area contributed by atoms with Crippen molar-refractivity contribution in [2.75, 3.05) is 28.4 Å². The van der Waals surface area contributed by atoms with E-state index in [4.69, 9.17) is 18.9 Å². The van der Waals surface area contributed by atoms with Gasteiger partial charge in [0.05, 0.1) is 28.4 Å². The second kappa shape index (κ2) is 19.3. The molecule has 1 aliphatic carbocycles. The fourth-order valence-corrected chi connectivity index (χ4v) is 14.5. The van der Waals surface area contributed by atoms with Crippen LogP contribution in [0.15, 0.2) is 206 Å². The number of hydrogen-bond donors (Lipinski definition) is 0. The van der Waals surface area contributed by atoms with Crippen LogP contribution in [0, 0.1) is 0 Å². The van der Waals surface area contributed by atoms with Gasteiger partial charge < -0.3 is 18.9 Å². The van der Waals surface area contributed by atoms with Crippen LogP contribution in [0.1, 0.15) is 23.1 Å². The van der Waals surface area contributed by atoms with Crippen LogP contribution in [0.3, 0.4) is 0 Å². The monoisotopic (exact) mass is 896 g/mol. The number of benzene rings is 9. The summed E-state index contributed by atoms with van der Waals surface area (Å²) in [5, 5.41) is 10.3. The fourth-order valence-electron chi connectivity index (χ4n) is 9.57. The van der Waals surface area contributed by atoms with Crippen LogP contribution >= 0.6 is 15.8 Å². The van der Waals surface area contributed by atoms with Gasteiger partial charge in [0.15, 0.2) is 23.0 Å². The maximum absolute atomic E-state index is 5.88. The van der Waals surface area contributed by atoms with E-state index in [0.29, 0.717) is 23.0 Å². The van der Waals surface area contributed by atoms with Gasteiger partial charge in [0.1, 0.15) is 0 Å². The van der Waals surface area contributed by atoms with Gasteiger partial charge in [-0.05, 0) is 140 Å². The summed E-state index contributed by atoms with van der Waals surface area (Å²) in [6.07, 6.45) is 4.19. The van der Waals surface area contributed by atoms with Crippen molar-refractivity contribution in [3.63, 3.8) is 0 Å². The Morgan fingerprint density at radius 2 is 0.833 bits per heavy atom. The van der Waals surface area contributed by atoms with Gasteiger partial charge in [0, 0.05) is 0 Å². The van der Waals surface area contributed by atoms with Crippen LogP contribution in [-0.2, 0) is 6.42 Å². The van der Waals surface area contributed by atoms with E-state index in [9.17, 15) is 0 Å². The SMILES string of the molecule is COc1ccc(C2=CCCc3c2ccc(P(c2ccccc2)c2ccccc2)c3-c2c(P(c3ccccc3)c3ccccc3)ccc3c(-c4ccc(OC)c(OC)c4)cccc23)cc1OC. The largest absolute Gasteiger partial charge is 0.493 e. The first kappa shape index (κ1) is 43.0. The van der Waals surface area contributed by atoms with E-state index in [-0.39, 0.29) is 0 Å². The molecule has 4 nitrogen and oxygen atoms in total. The van der Waals surface area contributed by atoms with Crippen LogP contribution in [0.25, 0.3) is 38.6 Å². The maximum Gasteiger partial charge on any atom is 0.161 e. The van der Waals surface area contributed by atoms with Gasteiger partial charge in [0.25, 0.3) is 0 Å². The molecule has 0 unspecified atom stereocenters. The molecule has 0 aromatic heterocycles. The third-order valence-electron chi connectivity index (χ3n) is 12.5. The molecule has 1 aliphatic rings. The summed E-state index contributed by atoms with van der Waals surface area (Å²) in [4.78, 5) is 0. The molecule has 0 amide bonds. The second-order valence-electron chi connectivity index (χ2n) is 16.2. The minimum Gasteiger partial charge on any atom is -0.493 e. The van der Waals surface area contributed by atoms with Crippen molar-refractivity contribution < 1.29 is 18.9 Å². The van der Waals surface area contributed by atoms with Gasteiger partial charge in [-0.25, -0.2) is 0 Å². The van der Waals surface area contributed by atoms with Crippen LogP contribution in [0.2, 0.25) is 0 Å². The minimum absolute atomic E-state index is 0.700. The molecule has 0 saturated heterocycles. The second-order valence-corrected chi connectivity index (χ2v) is 20.5. The number of fused-ring (bicyclic) bond motifs is 2. The Hall–Kier alpha value is -6.96. The predicted molar refractivity (Wildman–Crippen MR) is 280 cm³/mol. The highest BCUT2D eigenvalue weighted by Crippen LogP contribution is 2.49. The quantitative estimate of drug-likeness (QED) is 0.108. The first-order valence-corrected chi connectivity index (χ1v) is 25.0.